The van der Waals surface area contributed by atoms with Crippen LogP contribution in [0.25, 0.3) is 0 Å². The summed E-state index contributed by atoms with van der Waals surface area (Å²) in [5, 5.41) is 3.77. The zero-order chi connectivity index (χ0) is 11.5. The summed E-state index contributed by atoms with van der Waals surface area (Å²) in [4.78, 5) is 0. The summed E-state index contributed by atoms with van der Waals surface area (Å²) < 4.78 is 0. The number of hydrogen-bond acceptors (Lipinski definition) is 1. The Morgan fingerprint density at radius 1 is 1.38 bits per heavy atom. The summed E-state index contributed by atoms with van der Waals surface area (Å²) in [5.74, 6) is 3.18. The van der Waals surface area contributed by atoms with Crippen LogP contribution in [-0.2, 0) is 0 Å². The molecule has 1 N–H and O–H groups in total. The van der Waals surface area contributed by atoms with Crippen molar-refractivity contribution in [3.8, 4) is 0 Å². The first-order valence-corrected chi connectivity index (χ1v) is 7.11. The van der Waals surface area contributed by atoms with Crippen molar-refractivity contribution in [3.63, 3.8) is 0 Å². The van der Waals surface area contributed by atoms with Gasteiger partial charge < -0.3 is 5.32 Å². The van der Waals surface area contributed by atoms with Gasteiger partial charge >= 0.3 is 0 Å². The molecule has 2 aliphatic rings. The lowest BCUT2D eigenvalue weighted by Gasteiger charge is -2.20. The SMILES string of the molecule is C=C(C)CCC(NCCC)C1C2CCCC21. The normalized spacial score (nSPS) is 33.5. The van der Waals surface area contributed by atoms with Crippen molar-refractivity contribution in [1.29, 1.82) is 0 Å². The van der Waals surface area contributed by atoms with Crippen LogP contribution in [0.4, 0.5) is 0 Å². The quantitative estimate of drug-likeness (QED) is 0.646. The monoisotopic (exact) mass is 221 g/mol. The van der Waals surface area contributed by atoms with Gasteiger partial charge in [-0.25, -0.2) is 0 Å². The van der Waals surface area contributed by atoms with Crippen LogP contribution in [0.15, 0.2) is 12.2 Å². The number of nitrogens with one attached hydrogen (secondary N) is 1. The predicted molar refractivity (Wildman–Crippen MR) is 70.5 cm³/mol. The van der Waals surface area contributed by atoms with Gasteiger partial charge in [-0.3, -0.25) is 0 Å². The van der Waals surface area contributed by atoms with Crippen molar-refractivity contribution in [1.82, 2.24) is 5.32 Å². The second kappa shape index (κ2) is 5.35. The molecule has 2 fully saturated rings. The van der Waals surface area contributed by atoms with Crippen LogP contribution in [0.2, 0.25) is 0 Å². The van der Waals surface area contributed by atoms with Gasteiger partial charge in [-0.15, -0.1) is 6.58 Å². The second-order valence-electron chi connectivity index (χ2n) is 5.89. The van der Waals surface area contributed by atoms with E-state index in [0.29, 0.717) is 0 Å². The highest BCUT2D eigenvalue weighted by atomic mass is 14.9. The van der Waals surface area contributed by atoms with Gasteiger partial charge in [-0.2, -0.15) is 0 Å². The first kappa shape index (κ1) is 12.2. The fourth-order valence-corrected chi connectivity index (χ4v) is 3.64. The van der Waals surface area contributed by atoms with Gasteiger partial charge in [-0.05, 0) is 63.3 Å². The Morgan fingerprint density at radius 2 is 2.06 bits per heavy atom. The van der Waals surface area contributed by atoms with Crippen molar-refractivity contribution in [2.45, 2.75) is 58.4 Å². The minimum atomic E-state index is 0.784. The maximum absolute atomic E-state index is 4.03. The maximum atomic E-state index is 4.03. The minimum absolute atomic E-state index is 0.784. The molecule has 16 heavy (non-hydrogen) atoms. The number of fused-ring (bicyclic) bond motifs is 1. The first-order chi connectivity index (χ1) is 7.74. The van der Waals surface area contributed by atoms with E-state index in [-0.39, 0.29) is 0 Å². The van der Waals surface area contributed by atoms with E-state index in [9.17, 15) is 0 Å². The van der Waals surface area contributed by atoms with Crippen molar-refractivity contribution in [2.75, 3.05) is 6.54 Å². The van der Waals surface area contributed by atoms with Gasteiger partial charge in [0.2, 0.25) is 0 Å². The molecule has 0 aliphatic heterocycles. The lowest BCUT2D eigenvalue weighted by atomic mass is 9.98. The molecule has 3 atom stereocenters. The summed E-state index contributed by atoms with van der Waals surface area (Å²) in [6, 6.07) is 0.784. The highest BCUT2D eigenvalue weighted by molar-refractivity contribution is 5.07. The lowest BCUT2D eigenvalue weighted by molar-refractivity contribution is 0.385. The van der Waals surface area contributed by atoms with Crippen molar-refractivity contribution in [2.24, 2.45) is 17.8 Å². The average molecular weight is 221 g/mol. The van der Waals surface area contributed by atoms with Gasteiger partial charge in [0.1, 0.15) is 0 Å². The maximum Gasteiger partial charge on any atom is 0.0104 e. The molecule has 1 heteroatoms. The molecule has 0 aromatic heterocycles. The summed E-state index contributed by atoms with van der Waals surface area (Å²) >= 11 is 0. The Hall–Kier alpha value is -0.300. The Labute approximate surface area is 101 Å². The van der Waals surface area contributed by atoms with E-state index in [2.05, 4.69) is 25.7 Å². The molecule has 0 aromatic rings. The van der Waals surface area contributed by atoms with Crippen molar-refractivity contribution >= 4 is 0 Å². The molecule has 2 aliphatic carbocycles. The predicted octanol–water partition coefficient (Wildman–Crippen LogP) is 3.76. The van der Waals surface area contributed by atoms with E-state index < -0.39 is 0 Å². The third-order valence-corrected chi connectivity index (χ3v) is 4.48. The minimum Gasteiger partial charge on any atom is -0.314 e. The van der Waals surface area contributed by atoms with Gasteiger partial charge in [-0.1, -0.05) is 18.9 Å². The number of rotatable bonds is 7. The summed E-state index contributed by atoms with van der Waals surface area (Å²) in [5.41, 5.74) is 1.34. The molecule has 3 unspecified atom stereocenters. The smallest absolute Gasteiger partial charge is 0.0104 e. The third kappa shape index (κ3) is 2.68. The average Bonchev–Trinajstić information content (AvgIpc) is 2.73. The highest BCUT2D eigenvalue weighted by Gasteiger charge is 2.55. The molecule has 0 aromatic carbocycles. The van der Waals surface area contributed by atoms with Gasteiger partial charge in [0.25, 0.3) is 0 Å². The van der Waals surface area contributed by atoms with Gasteiger partial charge in [0.05, 0.1) is 0 Å². The fraction of sp³-hybridized carbons (Fsp3) is 0.867. The van der Waals surface area contributed by atoms with Crippen LogP contribution in [0, 0.1) is 17.8 Å². The molecule has 0 saturated heterocycles. The van der Waals surface area contributed by atoms with Crippen LogP contribution in [0.3, 0.4) is 0 Å². The summed E-state index contributed by atoms with van der Waals surface area (Å²) in [6.07, 6.45) is 8.28. The Balaban J connectivity index is 1.80. The third-order valence-electron chi connectivity index (χ3n) is 4.48. The van der Waals surface area contributed by atoms with Gasteiger partial charge in [0, 0.05) is 6.04 Å². The summed E-state index contributed by atoms with van der Waals surface area (Å²) in [6.45, 7) is 9.64. The first-order valence-electron chi connectivity index (χ1n) is 7.11. The molecule has 0 heterocycles. The molecule has 0 amide bonds. The van der Waals surface area contributed by atoms with Crippen LogP contribution >= 0.6 is 0 Å². The largest absolute Gasteiger partial charge is 0.314 e. The van der Waals surface area contributed by atoms with E-state index >= 15 is 0 Å². The zero-order valence-electron chi connectivity index (χ0n) is 11.0. The Kier molecular flexibility index (Phi) is 4.07. The van der Waals surface area contributed by atoms with E-state index in [1.807, 2.05) is 0 Å². The molecule has 92 valence electrons. The fourth-order valence-electron chi connectivity index (χ4n) is 3.64. The van der Waals surface area contributed by atoms with E-state index in [1.54, 1.807) is 0 Å². The molecule has 0 radical (unpaired) electrons. The Bertz CT molecular complexity index is 236. The molecule has 1 nitrogen and oxygen atoms in total. The van der Waals surface area contributed by atoms with Gasteiger partial charge in [0.15, 0.2) is 0 Å². The number of hydrogen-bond donors (Lipinski definition) is 1. The molecule has 2 rings (SSSR count). The molecular formula is C15H27N. The standard InChI is InChI=1S/C15H27N/c1-4-10-16-14(9-8-11(2)3)15-12-6-5-7-13(12)15/h12-16H,2,4-10H2,1,3H3. The van der Waals surface area contributed by atoms with Crippen LogP contribution in [-0.4, -0.2) is 12.6 Å². The summed E-state index contributed by atoms with van der Waals surface area (Å²) in [7, 11) is 0. The second-order valence-corrected chi connectivity index (χ2v) is 5.89. The van der Waals surface area contributed by atoms with Crippen molar-refractivity contribution in [3.05, 3.63) is 12.2 Å². The van der Waals surface area contributed by atoms with Crippen LogP contribution in [0.5, 0.6) is 0 Å². The van der Waals surface area contributed by atoms with Crippen LogP contribution in [0.1, 0.15) is 52.4 Å². The molecule has 0 spiro atoms. The number of allylic oxidation sites excluding steroid dienone is 1. The van der Waals surface area contributed by atoms with E-state index in [4.69, 9.17) is 0 Å². The molecular weight excluding hydrogens is 194 g/mol. The lowest BCUT2D eigenvalue weighted by Crippen LogP contribution is -2.33. The highest BCUT2D eigenvalue weighted by Crippen LogP contribution is 2.59. The van der Waals surface area contributed by atoms with Crippen molar-refractivity contribution < 1.29 is 0 Å². The zero-order valence-corrected chi connectivity index (χ0v) is 11.0. The van der Waals surface area contributed by atoms with E-state index in [1.165, 1.54) is 50.6 Å². The topological polar surface area (TPSA) is 12.0 Å². The van der Waals surface area contributed by atoms with Crippen LogP contribution < -0.4 is 5.32 Å². The molecule has 2 saturated carbocycles. The Morgan fingerprint density at radius 3 is 2.62 bits per heavy atom. The van der Waals surface area contributed by atoms with E-state index in [0.717, 1.165) is 23.8 Å². The molecule has 0 bridgehead atoms.